The van der Waals surface area contributed by atoms with Crippen LogP contribution in [0.2, 0.25) is 0 Å². The molecule has 1 unspecified atom stereocenters. The molecule has 1 atom stereocenters. The predicted octanol–water partition coefficient (Wildman–Crippen LogP) is 6.57. The van der Waals surface area contributed by atoms with Gasteiger partial charge in [0.2, 0.25) is 0 Å². The lowest BCUT2D eigenvalue weighted by molar-refractivity contribution is -0.139. The van der Waals surface area contributed by atoms with Gasteiger partial charge in [-0.05, 0) is 32.1 Å². The van der Waals surface area contributed by atoms with E-state index < -0.39 is 0 Å². The van der Waals surface area contributed by atoms with Crippen LogP contribution >= 0.6 is 15.9 Å². The van der Waals surface area contributed by atoms with Gasteiger partial charge in [-0.3, -0.25) is 4.79 Å². The monoisotopic (exact) mass is 374 g/mol. The third-order valence-electron chi connectivity index (χ3n) is 3.93. The fraction of sp³-hybridized carbons (Fsp3) is 0.842. The van der Waals surface area contributed by atoms with E-state index in [1.165, 1.54) is 77.7 Å². The van der Waals surface area contributed by atoms with Gasteiger partial charge in [0, 0.05) is 0 Å². The molecule has 2 nitrogen and oxygen atoms in total. The Balaban J connectivity index is 3.22. The maximum absolute atomic E-state index is 11.2. The van der Waals surface area contributed by atoms with Crippen LogP contribution in [0, 0.1) is 0 Å². The minimum atomic E-state index is -0.155. The van der Waals surface area contributed by atoms with Crippen molar-refractivity contribution in [3.05, 3.63) is 12.2 Å². The number of halogens is 1. The lowest BCUT2D eigenvalue weighted by atomic mass is 10.1. The Kier molecular flexibility index (Phi) is 16.8. The van der Waals surface area contributed by atoms with Gasteiger partial charge < -0.3 is 4.74 Å². The first kappa shape index (κ1) is 21.7. The second-order valence-corrected chi connectivity index (χ2v) is 7.12. The van der Waals surface area contributed by atoms with E-state index in [0.29, 0.717) is 0 Å². The Bertz CT molecular complexity index is 277. The van der Waals surface area contributed by atoms with Gasteiger partial charge in [0.05, 0.1) is 7.11 Å². The predicted molar refractivity (Wildman–Crippen MR) is 99.6 cm³/mol. The van der Waals surface area contributed by atoms with Crippen LogP contribution < -0.4 is 0 Å². The van der Waals surface area contributed by atoms with Crippen molar-refractivity contribution in [2.24, 2.45) is 0 Å². The zero-order valence-corrected chi connectivity index (χ0v) is 16.2. The van der Waals surface area contributed by atoms with E-state index in [1.54, 1.807) is 0 Å². The summed E-state index contributed by atoms with van der Waals surface area (Å²) in [4.78, 5) is 11.1. The van der Waals surface area contributed by atoms with Crippen molar-refractivity contribution in [3.63, 3.8) is 0 Å². The zero-order chi connectivity index (χ0) is 16.5. The minimum Gasteiger partial charge on any atom is -0.468 e. The van der Waals surface area contributed by atoms with Gasteiger partial charge in [0.25, 0.3) is 0 Å². The molecule has 0 amide bonds. The highest BCUT2D eigenvalue weighted by Crippen LogP contribution is 2.14. The Hall–Kier alpha value is -0.310. The Morgan fingerprint density at radius 1 is 0.909 bits per heavy atom. The summed E-state index contributed by atoms with van der Waals surface area (Å²) in [6.07, 6.45) is 21.1. The molecule has 0 heterocycles. The quantitative estimate of drug-likeness (QED) is 0.140. The molecule has 0 aromatic rings. The molecule has 0 aliphatic heterocycles. The van der Waals surface area contributed by atoms with Crippen LogP contribution in [0.1, 0.15) is 90.4 Å². The second-order valence-electron chi connectivity index (χ2n) is 6.01. The van der Waals surface area contributed by atoms with E-state index in [0.717, 1.165) is 12.8 Å². The number of carbonyl (C=O) groups excluding carboxylic acids is 1. The molecule has 0 aliphatic rings. The minimum absolute atomic E-state index is 0.130. The summed E-state index contributed by atoms with van der Waals surface area (Å²) in [5.74, 6) is -0.155. The van der Waals surface area contributed by atoms with E-state index >= 15 is 0 Å². The maximum atomic E-state index is 11.2. The molecule has 0 aromatic carbocycles. The summed E-state index contributed by atoms with van der Waals surface area (Å²) in [5, 5.41) is 0. The van der Waals surface area contributed by atoms with Gasteiger partial charge in [0.15, 0.2) is 0 Å². The molecule has 0 radical (unpaired) electrons. The third-order valence-corrected chi connectivity index (χ3v) is 4.76. The number of carbonyl (C=O) groups is 1. The van der Waals surface area contributed by atoms with Crippen LogP contribution in [0.15, 0.2) is 12.2 Å². The topological polar surface area (TPSA) is 26.3 Å². The number of unbranched alkanes of at least 4 members (excludes halogenated alkanes) is 10. The van der Waals surface area contributed by atoms with E-state index in [1.807, 2.05) is 0 Å². The van der Waals surface area contributed by atoms with E-state index in [9.17, 15) is 4.79 Å². The summed E-state index contributed by atoms with van der Waals surface area (Å²) < 4.78 is 4.69. The lowest BCUT2D eigenvalue weighted by Crippen LogP contribution is -2.15. The number of alkyl halides is 1. The average Bonchev–Trinajstić information content (AvgIpc) is 2.54. The molecule has 0 aromatic heterocycles. The molecular formula is C19H35BrO2. The molecule has 0 saturated heterocycles. The Labute approximate surface area is 146 Å². The van der Waals surface area contributed by atoms with Crippen LogP contribution in [0.5, 0.6) is 0 Å². The fourth-order valence-corrected chi connectivity index (χ4v) is 2.97. The average molecular weight is 375 g/mol. The van der Waals surface area contributed by atoms with Gasteiger partial charge in [-0.25, -0.2) is 0 Å². The first-order valence-corrected chi connectivity index (χ1v) is 10.0. The molecule has 0 fully saturated rings. The van der Waals surface area contributed by atoms with Crippen molar-refractivity contribution in [1.82, 2.24) is 0 Å². The largest absolute Gasteiger partial charge is 0.468 e. The smallest absolute Gasteiger partial charge is 0.319 e. The van der Waals surface area contributed by atoms with Crippen molar-refractivity contribution in [2.75, 3.05) is 7.11 Å². The highest BCUT2D eigenvalue weighted by molar-refractivity contribution is 9.10. The number of esters is 1. The maximum Gasteiger partial charge on any atom is 0.319 e. The third kappa shape index (κ3) is 14.6. The summed E-state index contributed by atoms with van der Waals surface area (Å²) in [5.41, 5.74) is 0. The van der Waals surface area contributed by atoms with Gasteiger partial charge in [-0.1, -0.05) is 86.4 Å². The zero-order valence-electron chi connectivity index (χ0n) is 14.6. The summed E-state index contributed by atoms with van der Waals surface area (Å²) >= 11 is 3.36. The van der Waals surface area contributed by atoms with Crippen molar-refractivity contribution < 1.29 is 9.53 Å². The van der Waals surface area contributed by atoms with E-state index in [4.69, 9.17) is 0 Å². The number of rotatable bonds is 15. The van der Waals surface area contributed by atoms with E-state index in [2.05, 4.69) is 39.7 Å². The van der Waals surface area contributed by atoms with Crippen LogP contribution in [0.25, 0.3) is 0 Å². The molecule has 0 spiro atoms. The van der Waals surface area contributed by atoms with Gasteiger partial charge in [-0.15, -0.1) is 0 Å². The van der Waals surface area contributed by atoms with Crippen LogP contribution in [0.4, 0.5) is 0 Å². The molecule has 0 N–H and O–H groups in total. The summed E-state index contributed by atoms with van der Waals surface area (Å²) in [6, 6.07) is 0. The SMILES string of the molecule is CCCCCCCCC=CCCCCCCC(Br)C(=O)OC. The van der Waals surface area contributed by atoms with E-state index in [-0.39, 0.29) is 10.8 Å². The van der Waals surface area contributed by atoms with Crippen molar-refractivity contribution in [3.8, 4) is 0 Å². The molecule has 3 heteroatoms. The van der Waals surface area contributed by atoms with Crippen LogP contribution in [-0.2, 0) is 9.53 Å². The van der Waals surface area contributed by atoms with Gasteiger partial charge in [-0.2, -0.15) is 0 Å². The fourth-order valence-electron chi connectivity index (χ4n) is 2.46. The van der Waals surface area contributed by atoms with Gasteiger partial charge >= 0.3 is 5.97 Å². The number of ether oxygens (including phenoxy) is 1. The van der Waals surface area contributed by atoms with Crippen LogP contribution in [-0.4, -0.2) is 17.9 Å². The number of hydrogen-bond donors (Lipinski definition) is 0. The highest BCUT2D eigenvalue weighted by atomic mass is 79.9. The molecule has 22 heavy (non-hydrogen) atoms. The second kappa shape index (κ2) is 17.1. The number of hydrogen-bond acceptors (Lipinski definition) is 2. The van der Waals surface area contributed by atoms with Crippen LogP contribution in [0.3, 0.4) is 0 Å². The molecule has 0 saturated carbocycles. The number of allylic oxidation sites excluding steroid dienone is 2. The lowest BCUT2D eigenvalue weighted by Gasteiger charge is -2.06. The molecule has 0 rings (SSSR count). The molecule has 130 valence electrons. The highest BCUT2D eigenvalue weighted by Gasteiger charge is 2.13. The standard InChI is InChI=1S/C19H35BrO2/c1-3-4-5-6-7-8-9-10-11-12-13-14-15-16-17-18(20)19(21)22-2/h10-11,18H,3-9,12-17H2,1-2H3. The first-order valence-electron chi connectivity index (χ1n) is 9.09. The summed E-state index contributed by atoms with van der Waals surface area (Å²) in [7, 11) is 1.44. The summed E-state index contributed by atoms with van der Waals surface area (Å²) in [6.45, 7) is 2.26. The molecule has 0 bridgehead atoms. The Morgan fingerprint density at radius 3 is 1.95 bits per heavy atom. The first-order chi connectivity index (χ1) is 10.7. The molecular weight excluding hydrogens is 340 g/mol. The van der Waals surface area contributed by atoms with Crippen molar-refractivity contribution >= 4 is 21.9 Å². The number of methoxy groups -OCH3 is 1. The van der Waals surface area contributed by atoms with Crippen molar-refractivity contribution in [1.29, 1.82) is 0 Å². The van der Waals surface area contributed by atoms with Crippen molar-refractivity contribution in [2.45, 2.75) is 95.2 Å². The molecule has 0 aliphatic carbocycles. The Morgan fingerprint density at radius 2 is 1.41 bits per heavy atom. The van der Waals surface area contributed by atoms with Gasteiger partial charge in [0.1, 0.15) is 4.83 Å². The normalized spacial score (nSPS) is 12.7.